The average Bonchev–Trinajstić information content (AvgIpc) is 2.57. The molecule has 5 N–H and O–H groups in total. The summed E-state index contributed by atoms with van der Waals surface area (Å²) in [5, 5.41) is 40.2. The molecule has 9 heteroatoms. The predicted octanol–water partition coefficient (Wildman–Crippen LogP) is 0.904. The number of phenols is 1. The summed E-state index contributed by atoms with van der Waals surface area (Å²) in [6.45, 7) is 0. The van der Waals surface area contributed by atoms with Gasteiger partial charge in [0.1, 0.15) is 11.8 Å². The third-order valence-electron chi connectivity index (χ3n) is 3.82. The van der Waals surface area contributed by atoms with E-state index in [0.717, 1.165) is 0 Å². The number of aliphatic carboxylic acids is 3. The average molecular weight is 361 g/mol. The van der Waals surface area contributed by atoms with Crippen LogP contribution >= 0.6 is 0 Å². The van der Waals surface area contributed by atoms with E-state index in [1.54, 1.807) is 30.3 Å². The van der Waals surface area contributed by atoms with Gasteiger partial charge in [-0.2, -0.15) is 0 Å². The van der Waals surface area contributed by atoms with Gasteiger partial charge >= 0.3 is 17.9 Å². The summed E-state index contributed by atoms with van der Waals surface area (Å²) in [6.07, 6.45) is -0.847. The van der Waals surface area contributed by atoms with Gasteiger partial charge in [-0.25, -0.2) is 4.79 Å². The van der Waals surface area contributed by atoms with Crippen LogP contribution in [-0.2, 0) is 14.4 Å². The van der Waals surface area contributed by atoms with E-state index in [1.807, 2.05) is 0 Å². The zero-order valence-corrected chi connectivity index (χ0v) is 13.2. The minimum Gasteiger partial charge on any atom is -0.506 e. The monoisotopic (exact) mass is 361 g/mol. The zero-order valence-electron chi connectivity index (χ0n) is 13.2. The Kier molecular flexibility index (Phi) is 5.41. The van der Waals surface area contributed by atoms with Gasteiger partial charge in [-0.15, -0.1) is 0 Å². The molecular weight excluding hydrogens is 346 g/mol. The number of carboxylic acids is 3. The van der Waals surface area contributed by atoms with Crippen molar-refractivity contribution in [1.82, 2.24) is 5.32 Å². The van der Waals surface area contributed by atoms with E-state index in [2.05, 4.69) is 5.32 Å². The Labute approximate surface area is 146 Å². The third kappa shape index (κ3) is 3.89. The smallest absolute Gasteiger partial charge is 0.326 e. The molecule has 0 aliphatic heterocycles. The number of carbonyl (C=O) groups is 4. The van der Waals surface area contributed by atoms with E-state index in [9.17, 15) is 24.3 Å². The molecule has 0 fully saturated rings. The molecule has 1 unspecified atom stereocenters. The van der Waals surface area contributed by atoms with Crippen LogP contribution in [0.5, 0.6) is 5.75 Å². The SMILES string of the molecule is O=C(NC(CC(C(=O)O)C(=O)O)C(=O)O)c1ccc2ccccc2c1O. The second-order valence-corrected chi connectivity index (χ2v) is 5.51. The molecule has 2 aromatic carbocycles. The van der Waals surface area contributed by atoms with Crippen molar-refractivity contribution < 1.29 is 39.6 Å². The molecule has 9 nitrogen and oxygen atoms in total. The first kappa shape index (κ1) is 18.7. The number of nitrogens with one attached hydrogen (secondary N) is 1. The Bertz CT molecular complexity index is 877. The van der Waals surface area contributed by atoms with E-state index in [0.29, 0.717) is 10.8 Å². The number of amides is 1. The predicted molar refractivity (Wildman–Crippen MR) is 87.9 cm³/mol. The van der Waals surface area contributed by atoms with E-state index in [-0.39, 0.29) is 11.3 Å². The Morgan fingerprint density at radius 2 is 1.50 bits per heavy atom. The molecule has 0 bridgehead atoms. The minimum atomic E-state index is -2.00. The second-order valence-electron chi connectivity index (χ2n) is 5.51. The van der Waals surface area contributed by atoms with Crippen LogP contribution in [0.2, 0.25) is 0 Å². The second kappa shape index (κ2) is 7.51. The van der Waals surface area contributed by atoms with Gasteiger partial charge < -0.3 is 25.7 Å². The number of benzene rings is 2. The maximum atomic E-state index is 12.3. The van der Waals surface area contributed by atoms with Gasteiger partial charge in [0.2, 0.25) is 0 Å². The highest BCUT2D eigenvalue weighted by Gasteiger charge is 2.33. The van der Waals surface area contributed by atoms with Crippen LogP contribution in [0.3, 0.4) is 0 Å². The normalized spacial score (nSPS) is 11.9. The lowest BCUT2D eigenvalue weighted by atomic mass is 9.99. The number of aromatic hydroxyl groups is 1. The first-order valence-electron chi connectivity index (χ1n) is 7.42. The number of phenolic OH excluding ortho intramolecular Hbond substituents is 1. The molecular formula is C17H15NO8. The molecule has 0 aliphatic carbocycles. The molecule has 0 aromatic heterocycles. The van der Waals surface area contributed by atoms with Crippen LogP contribution in [0.25, 0.3) is 10.8 Å². The summed E-state index contributed by atoms with van der Waals surface area (Å²) < 4.78 is 0. The summed E-state index contributed by atoms with van der Waals surface area (Å²) in [5.41, 5.74) is -0.211. The number of rotatable bonds is 7. The van der Waals surface area contributed by atoms with Crippen molar-refractivity contribution in [3.8, 4) is 5.75 Å². The zero-order chi connectivity index (χ0) is 19.4. The Morgan fingerprint density at radius 1 is 0.885 bits per heavy atom. The van der Waals surface area contributed by atoms with Gasteiger partial charge in [0.05, 0.1) is 5.56 Å². The number of hydrogen-bond donors (Lipinski definition) is 5. The van der Waals surface area contributed by atoms with Crippen LogP contribution in [0, 0.1) is 5.92 Å². The lowest BCUT2D eigenvalue weighted by molar-refractivity contribution is -0.155. The first-order chi connectivity index (χ1) is 12.2. The van der Waals surface area contributed by atoms with Gasteiger partial charge in [0.15, 0.2) is 5.92 Å². The number of fused-ring (bicyclic) bond motifs is 1. The Hall–Kier alpha value is -3.62. The largest absolute Gasteiger partial charge is 0.506 e. The van der Waals surface area contributed by atoms with E-state index in [1.165, 1.54) is 6.07 Å². The highest BCUT2D eigenvalue weighted by molar-refractivity contribution is 6.04. The lowest BCUT2D eigenvalue weighted by Crippen LogP contribution is -2.44. The molecule has 26 heavy (non-hydrogen) atoms. The van der Waals surface area contributed by atoms with Crippen molar-refractivity contribution in [3.63, 3.8) is 0 Å². The molecule has 2 aromatic rings. The van der Waals surface area contributed by atoms with E-state index in [4.69, 9.17) is 15.3 Å². The van der Waals surface area contributed by atoms with Crippen molar-refractivity contribution in [2.24, 2.45) is 5.92 Å². The van der Waals surface area contributed by atoms with Gasteiger partial charge in [-0.3, -0.25) is 14.4 Å². The minimum absolute atomic E-state index is 0.211. The summed E-state index contributed by atoms with van der Waals surface area (Å²) >= 11 is 0. The van der Waals surface area contributed by atoms with Gasteiger partial charge in [-0.1, -0.05) is 30.3 Å². The molecule has 0 heterocycles. The molecule has 0 saturated heterocycles. The molecule has 1 amide bonds. The van der Waals surface area contributed by atoms with Crippen molar-refractivity contribution in [2.75, 3.05) is 0 Å². The number of carbonyl (C=O) groups excluding carboxylic acids is 1. The van der Waals surface area contributed by atoms with Crippen LogP contribution in [-0.4, -0.2) is 50.3 Å². The molecule has 2 rings (SSSR count). The molecule has 1 atom stereocenters. The quantitative estimate of drug-likeness (QED) is 0.454. The number of hydrogen-bond acceptors (Lipinski definition) is 5. The fourth-order valence-corrected chi connectivity index (χ4v) is 2.44. The molecule has 0 aliphatic rings. The highest BCUT2D eigenvalue weighted by atomic mass is 16.4. The first-order valence-corrected chi connectivity index (χ1v) is 7.42. The van der Waals surface area contributed by atoms with E-state index < -0.39 is 42.2 Å². The van der Waals surface area contributed by atoms with Crippen LogP contribution in [0.1, 0.15) is 16.8 Å². The standard InChI is InChI=1S/C17H15NO8/c19-13-9-4-2-1-3-8(9)5-6-10(13)14(20)18-12(17(25)26)7-11(15(21)22)16(23)24/h1-6,11-12,19H,7H2,(H,18,20)(H,21,22)(H,23,24)(H,25,26). The lowest BCUT2D eigenvalue weighted by Gasteiger charge is -2.17. The van der Waals surface area contributed by atoms with Crippen LogP contribution in [0.15, 0.2) is 36.4 Å². The third-order valence-corrected chi connectivity index (χ3v) is 3.82. The molecule has 136 valence electrons. The maximum Gasteiger partial charge on any atom is 0.326 e. The van der Waals surface area contributed by atoms with Crippen molar-refractivity contribution >= 4 is 34.6 Å². The van der Waals surface area contributed by atoms with E-state index >= 15 is 0 Å². The van der Waals surface area contributed by atoms with Crippen molar-refractivity contribution in [3.05, 3.63) is 42.0 Å². The van der Waals surface area contributed by atoms with Crippen LogP contribution in [0.4, 0.5) is 0 Å². The summed E-state index contributed by atoms with van der Waals surface area (Å²) in [5.74, 6) is -8.35. The maximum absolute atomic E-state index is 12.3. The Morgan fingerprint density at radius 3 is 2.08 bits per heavy atom. The van der Waals surface area contributed by atoms with Crippen molar-refractivity contribution in [2.45, 2.75) is 12.5 Å². The fourth-order valence-electron chi connectivity index (χ4n) is 2.44. The van der Waals surface area contributed by atoms with Gasteiger partial charge in [0, 0.05) is 11.8 Å². The summed E-state index contributed by atoms with van der Waals surface area (Å²) in [4.78, 5) is 45.5. The summed E-state index contributed by atoms with van der Waals surface area (Å²) in [7, 11) is 0. The summed E-state index contributed by atoms with van der Waals surface area (Å²) in [6, 6.07) is 7.75. The molecule has 0 radical (unpaired) electrons. The van der Waals surface area contributed by atoms with Crippen LogP contribution < -0.4 is 5.32 Å². The molecule has 0 spiro atoms. The Balaban J connectivity index is 2.28. The topological polar surface area (TPSA) is 161 Å². The highest BCUT2D eigenvalue weighted by Crippen LogP contribution is 2.28. The number of carboxylic acid groups (broad SMARTS) is 3. The molecule has 0 saturated carbocycles. The van der Waals surface area contributed by atoms with Crippen molar-refractivity contribution in [1.29, 1.82) is 0 Å². The fraction of sp³-hybridized carbons (Fsp3) is 0.176. The van der Waals surface area contributed by atoms with Gasteiger partial charge in [0.25, 0.3) is 5.91 Å². The van der Waals surface area contributed by atoms with Gasteiger partial charge in [-0.05, 0) is 11.5 Å².